The fraction of sp³-hybridized carbons (Fsp3) is 0.417. The number of benzene rings is 1. The van der Waals surface area contributed by atoms with Crippen molar-refractivity contribution in [3.63, 3.8) is 0 Å². The molecule has 0 aliphatic rings. The van der Waals surface area contributed by atoms with E-state index in [1.54, 1.807) is 6.21 Å². The van der Waals surface area contributed by atoms with Crippen LogP contribution in [0.5, 0.6) is 5.75 Å². The summed E-state index contributed by atoms with van der Waals surface area (Å²) in [6.07, 6.45) is 1.75. The monoisotopic (exact) mass is 191 g/mol. The second-order valence-corrected chi connectivity index (χ2v) is 3.83. The summed E-state index contributed by atoms with van der Waals surface area (Å²) in [5.41, 5.74) is 2.78. The maximum atomic E-state index is 9.80. The van der Waals surface area contributed by atoms with E-state index < -0.39 is 0 Å². The fourth-order valence-electron chi connectivity index (χ4n) is 1.20. The third-order valence-electron chi connectivity index (χ3n) is 2.14. The zero-order valence-corrected chi connectivity index (χ0v) is 9.20. The lowest BCUT2D eigenvalue weighted by atomic mass is 10.0. The van der Waals surface area contributed by atoms with Gasteiger partial charge in [0, 0.05) is 17.8 Å². The standard InChI is InChI=1S/C12H17NO/c1-8(2)13-7-11-9(3)5-6-10(4)12(11)14/h5-8,14H,1-4H3. The number of phenolic OH excluding ortho intramolecular Hbond substituents is 1. The molecule has 76 valence electrons. The van der Waals surface area contributed by atoms with Gasteiger partial charge in [-0.3, -0.25) is 4.99 Å². The minimum absolute atomic E-state index is 0.259. The average Bonchev–Trinajstić information content (AvgIpc) is 2.11. The Balaban J connectivity index is 3.13. The second-order valence-electron chi connectivity index (χ2n) is 3.83. The fourth-order valence-corrected chi connectivity index (χ4v) is 1.20. The SMILES string of the molecule is Cc1ccc(C)c(C=NC(C)C)c1O. The quantitative estimate of drug-likeness (QED) is 0.716. The van der Waals surface area contributed by atoms with Gasteiger partial charge < -0.3 is 5.11 Å². The van der Waals surface area contributed by atoms with Gasteiger partial charge in [0.2, 0.25) is 0 Å². The molecular formula is C12H17NO. The van der Waals surface area contributed by atoms with E-state index in [-0.39, 0.29) is 6.04 Å². The molecule has 0 spiro atoms. The van der Waals surface area contributed by atoms with Crippen molar-refractivity contribution in [2.24, 2.45) is 4.99 Å². The highest BCUT2D eigenvalue weighted by Crippen LogP contribution is 2.23. The lowest BCUT2D eigenvalue weighted by Crippen LogP contribution is -1.94. The molecule has 0 amide bonds. The van der Waals surface area contributed by atoms with Gasteiger partial charge in [0.25, 0.3) is 0 Å². The van der Waals surface area contributed by atoms with Gasteiger partial charge in [0.05, 0.1) is 0 Å². The van der Waals surface area contributed by atoms with Crippen molar-refractivity contribution >= 4 is 6.21 Å². The summed E-state index contributed by atoms with van der Waals surface area (Å²) in [6.45, 7) is 7.89. The molecule has 1 rings (SSSR count). The highest BCUT2D eigenvalue weighted by Gasteiger charge is 2.04. The molecule has 0 saturated carbocycles. The molecule has 0 fully saturated rings. The van der Waals surface area contributed by atoms with Gasteiger partial charge in [-0.1, -0.05) is 12.1 Å². The Morgan fingerprint density at radius 2 is 1.79 bits per heavy atom. The number of nitrogens with zero attached hydrogens (tertiary/aromatic N) is 1. The van der Waals surface area contributed by atoms with Crippen LogP contribution in [0.4, 0.5) is 0 Å². The van der Waals surface area contributed by atoms with Gasteiger partial charge in [-0.2, -0.15) is 0 Å². The Kier molecular flexibility index (Phi) is 3.28. The Morgan fingerprint density at radius 3 is 2.36 bits per heavy atom. The van der Waals surface area contributed by atoms with E-state index in [9.17, 15) is 5.11 Å². The Bertz CT molecular complexity index is 354. The van der Waals surface area contributed by atoms with E-state index in [1.807, 2.05) is 39.8 Å². The first-order chi connectivity index (χ1) is 6.52. The van der Waals surface area contributed by atoms with Crippen LogP contribution in [0.1, 0.15) is 30.5 Å². The summed E-state index contributed by atoms with van der Waals surface area (Å²) < 4.78 is 0. The van der Waals surface area contributed by atoms with Gasteiger partial charge in [-0.25, -0.2) is 0 Å². The minimum atomic E-state index is 0.259. The van der Waals surface area contributed by atoms with Crippen LogP contribution in [-0.4, -0.2) is 17.4 Å². The van der Waals surface area contributed by atoms with Gasteiger partial charge in [0.1, 0.15) is 5.75 Å². The van der Waals surface area contributed by atoms with Crippen LogP contribution in [0.25, 0.3) is 0 Å². The van der Waals surface area contributed by atoms with Crippen LogP contribution in [-0.2, 0) is 0 Å². The van der Waals surface area contributed by atoms with Gasteiger partial charge >= 0.3 is 0 Å². The zero-order chi connectivity index (χ0) is 10.7. The van der Waals surface area contributed by atoms with Crippen molar-refractivity contribution in [2.75, 3.05) is 0 Å². The summed E-state index contributed by atoms with van der Waals surface area (Å²) in [7, 11) is 0. The highest BCUT2D eigenvalue weighted by atomic mass is 16.3. The van der Waals surface area contributed by atoms with Crippen LogP contribution in [0.15, 0.2) is 17.1 Å². The van der Waals surface area contributed by atoms with Gasteiger partial charge in [0.15, 0.2) is 0 Å². The van der Waals surface area contributed by atoms with Gasteiger partial charge in [-0.05, 0) is 38.8 Å². The van der Waals surface area contributed by atoms with Crippen molar-refractivity contribution in [1.29, 1.82) is 0 Å². The molecule has 1 aromatic carbocycles. The number of rotatable bonds is 2. The minimum Gasteiger partial charge on any atom is -0.507 e. The Labute approximate surface area is 85.3 Å². The van der Waals surface area contributed by atoms with E-state index in [0.717, 1.165) is 16.7 Å². The van der Waals surface area contributed by atoms with E-state index in [0.29, 0.717) is 5.75 Å². The predicted molar refractivity (Wildman–Crippen MR) is 60.3 cm³/mol. The second kappa shape index (κ2) is 4.27. The summed E-state index contributed by atoms with van der Waals surface area (Å²) in [5, 5.41) is 9.80. The molecule has 0 aliphatic carbocycles. The number of aryl methyl sites for hydroxylation is 2. The smallest absolute Gasteiger partial charge is 0.127 e. The molecule has 0 heterocycles. The molecule has 2 nitrogen and oxygen atoms in total. The van der Waals surface area contributed by atoms with Crippen molar-refractivity contribution in [2.45, 2.75) is 33.7 Å². The molecule has 14 heavy (non-hydrogen) atoms. The van der Waals surface area contributed by atoms with Crippen molar-refractivity contribution in [3.8, 4) is 5.75 Å². The summed E-state index contributed by atoms with van der Waals surface area (Å²) in [5.74, 6) is 0.342. The van der Waals surface area contributed by atoms with Crippen LogP contribution in [0.3, 0.4) is 0 Å². The topological polar surface area (TPSA) is 32.6 Å². The Morgan fingerprint density at radius 1 is 1.21 bits per heavy atom. The summed E-state index contributed by atoms with van der Waals surface area (Å²) >= 11 is 0. The van der Waals surface area contributed by atoms with E-state index in [1.165, 1.54) is 0 Å². The molecule has 0 radical (unpaired) electrons. The first-order valence-corrected chi connectivity index (χ1v) is 4.84. The van der Waals surface area contributed by atoms with E-state index >= 15 is 0 Å². The van der Waals surface area contributed by atoms with Crippen molar-refractivity contribution < 1.29 is 5.11 Å². The molecular weight excluding hydrogens is 174 g/mol. The number of hydrogen-bond donors (Lipinski definition) is 1. The van der Waals surface area contributed by atoms with Crippen LogP contribution < -0.4 is 0 Å². The van der Waals surface area contributed by atoms with Gasteiger partial charge in [-0.15, -0.1) is 0 Å². The molecule has 0 aromatic heterocycles. The van der Waals surface area contributed by atoms with Crippen LogP contribution in [0, 0.1) is 13.8 Å². The molecule has 1 N–H and O–H groups in total. The molecule has 0 saturated heterocycles. The lowest BCUT2D eigenvalue weighted by Gasteiger charge is -2.06. The largest absolute Gasteiger partial charge is 0.507 e. The summed E-state index contributed by atoms with van der Waals surface area (Å²) in [6, 6.07) is 4.17. The maximum absolute atomic E-state index is 9.80. The maximum Gasteiger partial charge on any atom is 0.127 e. The number of aromatic hydroxyl groups is 1. The number of aliphatic imine (C=N–C) groups is 1. The first-order valence-electron chi connectivity index (χ1n) is 4.84. The molecule has 0 atom stereocenters. The molecule has 0 aliphatic heterocycles. The highest BCUT2D eigenvalue weighted by molar-refractivity contribution is 5.86. The molecule has 1 aromatic rings. The number of phenols is 1. The molecule has 0 unspecified atom stereocenters. The van der Waals surface area contributed by atoms with Crippen LogP contribution in [0.2, 0.25) is 0 Å². The zero-order valence-electron chi connectivity index (χ0n) is 9.20. The van der Waals surface area contributed by atoms with Crippen LogP contribution >= 0.6 is 0 Å². The lowest BCUT2D eigenvalue weighted by molar-refractivity contribution is 0.469. The van der Waals surface area contributed by atoms with Crippen molar-refractivity contribution in [3.05, 3.63) is 28.8 Å². The molecule has 2 heteroatoms. The van der Waals surface area contributed by atoms with E-state index in [4.69, 9.17) is 0 Å². The normalized spacial score (nSPS) is 11.5. The predicted octanol–water partition coefficient (Wildman–Crippen LogP) is 2.84. The third-order valence-corrected chi connectivity index (χ3v) is 2.14. The Hall–Kier alpha value is -1.31. The third kappa shape index (κ3) is 2.34. The summed E-state index contributed by atoms with van der Waals surface area (Å²) in [4.78, 5) is 4.27. The van der Waals surface area contributed by atoms with E-state index in [2.05, 4.69) is 4.99 Å². The first kappa shape index (κ1) is 10.8. The number of hydrogen-bond acceptors (Lipinski definition) is 2. The average molecular weight is 191 g/mol. The molecule has 0 bridgehead atoms. The van der Waals surface area contributed by atoms with Crippen molar-refractivity contribution in [1.82, 2.24) is 0 Å².